The Kier molecular flexibility index (Phi) is 5.09. The van der Waals surface area contributed by atoms with Crippen LogP contribution in [0.5, 0.6) is 0 Å². The number of thiophene rings is 1. The molecule has 0 saturated heterocycles. The normalized spacial score (nSPS) is 11.6. The molecule has 0 atom stereocenters. The highest BCUT2D eigenvalue weighted by Gasteiger charge is 2.09. The lowest BCUT2D eigenvalue weighted by atomic mass is 10.3. The van der Waals surface area contributed by atoms with Crippen molar-refractivity contribution in [3.8, 4) is 0 Å². The van der Waals surface area contributed by atoms with E-state index in [1.165, 1.54) is 8.66 Å². The summed E-state index contributed by atoms with van der Waals surface area (Å²) in [7, 11) is 0. The van der Waals surface area contributed by atoms with Gasteiger partial charge in [-0.2, -0.15) is 0 Å². The van der Waals surface area contributed by atoms with Gasteiger partial charge in [0, 0.05) is 30.6 Å². The zero-order valence-electron chi connectivity index (χ0n) is 8.66. The van der Waals surface area contributed by atoms with Gasteiger partial charge in [0.25, 0.3) is 0 Å². The van der Waals surface area contributed by atoms with Crippen LogP contribution in [0.2, 0.25) is 0 Å². The van der Waals surface area contributed by atoms with Gasteiger partial charge in [-0.3, -0.25) is 4.90 Å². The number of nitrogens with two attached hydrogens (primary N) is 1. The van der Waals surface area contributed by atoms with E-state index in [0.717, 1.165) is 19.6 Å². The molecular weight excluding hydrogens is 260 g/mol. The second kappa shape index (κ2) is 5.85. The molecule has 0 unspecified atom stereocenters. The standard InChI is InChI=1S/C10H17BrN2S/c1-8(2)13(6-5-12)7-9-3-4-10(11)14-9/h3-4,8H,5-7,12H2,1-2H3. The third-order valence-electron chi connectivity index (χ3n) is 2.13. The van der Waals surface area contributed by atoms with Gasteiger partial charge in [0.05, 0.1) is 3.79 Å². The van der Waals surface area contributed by atoms with Crippen LogP contribution in [-0.4, -0.2) is 24.0 Å². The Hall–Kier alpha value is 0.1000. The van der Waals surface area contributed by atoms with Gasteiger partial charge >= 0.3 is 0 Å². The molecule has 0 radical (unpaired) electrons. The van der Waals surface area contributed by atoms with E-state index in [2.05, 4.69) is 46.8 Å². The van der Waals surface area contributed by atoms with Gasteiger partial charge in [-0.05, 0) is 41.9 Å². The predicted molar refractivity (Wildman–Crippen MR) is 66.6 cm³/mol. The average molecular weight is 277 g/mol. The van der Waals surface area contributed by atoms with Crippen LogP contribution in [0.4, 0.5) is 0 Å². The summed E-state index contributed by atoms with van der Waals surface area (Å²) in [6.07, 6.45) is 0. The number of halogens is 1. The number of hydrogen-bond donors (Lipinski definition) is 1. The molecule has 0 aromatic carbocycles. The third-order valence-corrected chi connectivity index (χ3v) is 3.74. The lowest BCUT2D eigenvalue weighted by Gasteiger charge is -2.24. The fourth-order valence-electron chi connectivity index (χ4n) is 1.32. The average Bonchev–Trinajstić information content (AvgIpc) is 2.50. The molecule has 0 spiro atoms. The monoisotopic (exact) mass is 276 g/mol. The van der Waals surface area contributed by atoms with Crippen molar-refractivity contribution < 1.29 is 0 Å². The molecule has 2 N–H and O–H groups in total. The first kappa shape index (κ1) is 12.2. The van der Waals surface area contributed by atoms with Crippen molar-refractivity contribution in [1.29, 1.82) is 0 Å². The molecule has 0 aliphatic rings. The molecule has 1 rings (SSSR count). The first-order chi connectivity index (χ1) is 6.63. The Morgan fingerprint density at radius 2 is 2.21 bits per heavy atom. The number of rotatable bonds is 5. The van der Waals surface area contributed by atoms with E-state index in [9.17, 15) is 0 Å². The first-order valence-electron chi connectivity index (χ1n) is 4.82. The molecule has 1 aromatic rings. The van der Waals surface area contributed by atoms with Gasteiger partial charge in [-0.25, -0.2) is 0 Å². The van der Waals surface area contributed by atoms with Gasteiger partial charge in [-0.1, -0.05) is 0 Å². The van der Waals surface area contributed by atoms with Crippen LogP contribution >= 0.6 is 27.3 Å². The van der Waals surface area contributed by atoms with E-state index in [0.29, 0.717) is 6.04 Å². The van der Waals surface area contributed by atoms with E-state index >= 15 is 0 Å². The molecular formula is C10H17BrN2S. The smallest absolute Gasteiger partial charge is 0.0701 e. The molecule has 0 saturated carbocycles. The molecule has 0 amide bonds. The molecule has 0 aliphatic carbocycles. The van der Waals surface area contributed by atoms with Crippen LogP contribution < -0.4 is 5.73 Å². The Labute approximate surface area is 98.2 Å². The first-order valence-corrected chi connectivity index (χ1v) is 6.42. The minimum absolute atomic E-state index is 0.555. The minimum atomic E-state index is 0.555. The van der Waals surface area contributed by atoms with Crippen LogP contribution in [-0.2, 0) is 6.54 Å². The Bertz CT molecular complexity index is 273. The molecule has 14 heavy (non-hydrogen) atoms. The highest BCUT2D eigenvalue weighted by atomic mass is 79.9. The third kappa shape index (κ3) is 3.69. The molecule has 2 nitrogen and oxygen atoms in total. The summed E-state index contributed by atoms with van der Waals surface area (Å²) in [6, 6.07) is 4.82. The number of hydrogen-bond acceptors (Lipinski definition) is 3. The molecule has 1 aromatic heterocycles. The highest BCUT2D eigenvalue weighted by Crippen LogP contribution is 2.23. The predicted octanol–water partition coefficient (Wildman–Crippen LogP) is 2.68. The van der Waals surface area contributed by atoms with E-state index in [4.69, 9.17) is 5.73 Å². The molecule has 0 bridgehead atoms. The van der Waals surface area contributed by atoms with Crippen LogP contribution in [0.3, 0.4) is 0 Å². The van der Waals surface area contributed by atoms with Gasteiger partial charge in [0.2, 0.25) is 0 Å². The fourth-order valence-corrected chi connectivity index (χ4v) is 2.83. The maximum absolute atomic E-state index is 5.58. The van der Waals surface area contributed by atoms with Gasteiger partial charge in [0.15, 0.2) is 0 Å². The topological polar surface area (TPSA) is 29.3 Å². The van der Waals surface area contributed by atoms with E-state index in [-0.39, 0.29) is 0 Å². The van der Waals surface area contributed by atoms with Crippen molar-refractivity contribution >= 4 is 27.3 Å². The van der Waals surface area contributed by atoms with Crippen LogP contribution in [0.25, 0.3) is 0 Å². The summed E-state index contributed by atoms with van der Waals surface area (Å²) in [5, 5.41) is 0. The Morgan fingerprint density at radius 3 is 2.64 bits per heavy atom. The summed E-state index contributed by atoms with van der Waals surface area (Å²) >= 11 is 5.27. The second-order valence-corrected chi connectivity index (χ2v) is 6.11. The second-order valence-electron chi connectivity index (χ2n) is 3.56. The number of nitrogens with zero attached hydrogens (tertiary/aromatic N) is 1. The summed E-state index contributed by atoms with van der Waals surface area (Å²) in [4.78, 5) is 3.78. The summed E-state index contributed by atoms with van der Waals surface area (Å²) in [6.45, 7) is 7.11. The van der Waals surface area contributed by atoms with E-state index in [1.54, 1.807) is 11.3 Å². The van der Waals surface area contributed by atoms with E-state index < -0.39 is 0 Å². The molecule has 80 valence electrons. The maximum Gasteiger partial charge on any atom is 0.0701 e. The van der Waals surface area contributed by atoms with Gasteiger partial charge in [-0.15, -0.1) is 11.3 Å². The van der Waals surface area contributed by atoms with Crippen LogP contribution in [0, 0.1) is 0 Å². The largest absolute Gasteiger partial charge is 0.329 e. The Balaban J connectivity index is 2.55. The highest BCUT2D eigenvalue weighted by molar-refractivity contribution is 9.11. The summed E-state index contributed by atoms with van der Waals surface area (Å²) in [5.74, 6) is 0. The maximum atomic E-state index is 5.58. The van der Waals surface area contributed by atoms with Crippen molar-refractivity contribution in [2.24, 2.45) is 5.73 Å². The fraction of sp³-hybridized carbons (Fsp3) is 0.600. The summed E-state index contributed by atoms with van der Waals surface area (Å²) < 4.78 is 1.20. The molecule has 1 heterocycles. The Morgan fingerprint density at radius 1 is 1.50 bits per heavy atom. The van der Waals surface area contributed by atoms with Crippen molar-refractivity contribution in [3.63, 3.8) is 0 Å². The SMILES string of the molecule is CC(C)N(CCN)Cc1ccc(Br)s1. The lowest BCUT2D eigenvalue weighted by molar-refractivity contribution is 0.221. The molecule has 0 fully saturated rings. The van der Waals surface area contributed by atoms with Gasteiger partial charge in [0.1, 0.15) is 0 Å². The summed E-state index contributed by atoms with van der Waals surface area (Å²) in [5.41, 5.74) is 5.58. The van der Waals surface area contributed by atoms with Gasteiger partial charge < -0.3 is 5.73 Å². The van der Waals surface area contributed by atoms with Crippen molar-refractivity contribution in [2.75, 3.05) is 13.1 Å². The minimum Gasteiger partial charge on any atom is -0.329 e. The quantitative estimate of drug-likeness (QED) is 0.896. The van der Waals surface area contributed by atoms with Crippen LogP contribution in [0.15, 0.2) is 15.9 Å². The van der Waals surface area contributed by atoms with Crippen molar-refractivity contribution in [1.82, 2.24) is 4.90 Å². The van der Waals surface area contributed by atoms with E-state index in [1.807, 2.05) is 0 Å². The van der Waals surface area contributed by atoms with Crippen molar-refractivity contribution in [2.45, 2.75) is 26.4 Å². The zero-order valence-corrected chi connectivity index (χ0v) is 11.1. The lowest BCUT2D eigenvalue weighted by Crippen LogP contribution is -2.34. The molecule has 0 aliphatic heterocycles. The zero-order chi connectivity index (χ0) is 10.6. The van der Waals surface area contributed by atoms with Crippen molar-refractivity contribution in [3.05, 3.63) is 20.8 Å². The van der Waals surface area contributed by atoms with Crippen LogP contribution in [0.1, 0.15) is 18.7 Å². The molecule has 4 heteroatoms.